The molecule has 2 N–H and O–H groups in total. The van der Waals surface area contributed by atoms with Gasteiger partial charge in [-0.25, -0.2) is 4.79 Å². The minimum Gasteiger partial charge on any atom is -0.410 e. The van der Waals surface area contributed by atoms with Crippen LogP contribution < -0.4 is 10.5 Å². The van der Waals surface area contributed by atoms with Crippen LogP contribution in [0, 0.1) is 0 Å². The summed E-state index contributed by atoms with van der Waals surface area (Å²) in [6, 6.07) is 17.7. The topological polar surface area (TPSA) is 52.3 Å². The van der Waals surface area contributed by atoms with E-state index in [9.17, 15) is 4.79 Å². The van der Waals surface area contributed by atoms with Crippen LogP contribution in [0.5, 0.6) is 5.75 Å². The lowest BCUT2D eigenvalue weighted by Gasteiger charge is -2.06. The number of rotatable bonds is 1. The third kappa shape index (κ3) is 1.76. The van der Waals surface area contributed by atoms with E-state index in [4.69, 9.17) is 10.5 Å². The molecule has 0 unspecified atom stereocenters. The van der Waals surface area contributed by atoms with Crippen LogP contribution >= 0.6 is 0 Å². The molecule has 0 atom stereocenters. The van der Waals surface area contributed by atoms with E-state index in [2.05, 4.69) is 12.1 Å². The highest BCUT2D eigenvalue weighted by Crippen LogP contribution is 2.28. The van der Waals surface area contributed by atoms with E-state index in [1.807, 2.05) is 36.4 Å². The number of fused-ring (bicyclic) bond motifs is 3. The molecule has 88 valence electrons. The molecular formula is C15H11NO2. The molecule has 0 fully saturated rings. The highest BCUT2D eigenvalue weighted by molar-refractivity contribution is 6.07. The van der Waals surface area contributed by atoms with Crippen molar-refractivity contribution >= 4 is 27.6 Å². The maximum atomic E-state index is 10.8. The highest BCUT2D eigenvalue weighted by Gasteiger charge is 2.03. The Balaban J connectivity index is 2.29. The number of carbonyl (C=O) groups is 1. The van der Waals surface area contributed by atoms with E-state index in [0.29, 0.717) is 5.75 Å². The molecule has 0 bridgehead atoms. The van der Waals surface area contributed by atoms with Gasteiger partial charge in [-0.1, -0.05) is 42.5 Å². The second-order valence-electron chi connectivity index (χ2n) is 4.09. The van der Waals surface area contributed by atoms with Crippen molar-refractivity contribution in [2.24, 2.45) is 5.73 Å². The fourth-order valence-corrected chi connectivity index (χ4v) is 2.16. The predicted octanol–water partition coefficient (Wildman–Crippen LogP) is 3.45. The number of hydrogen-bond donors (Lipinski definition) is 1. The van der Waals surface area contributed by atoms with E-state index in [0.717, 1.165) is 21.5 Å². The van der Waals surface area contributed by atoms with Crippen LogP contribution in [0.15, 0.2) is 54.6 Å². The Morgan fingerprint density at radius 1 is 0.889 bits per heavy atom. The summed E-state index contributed by atoms with van der Waals surface area (Å²) in [7, 11) is 0. The van der Waals surface area contributed by atoms with Crippen LogP contribution in [-0.2, 0) is 0 Å². The van der Waals surface area contributed by atoms with Gasteiger partial charge in [0.05, 0.1) is 0 Å². The number of nitrogens with two attached hydrogens (primary N) is 1. The van der Waals surface area contributed by atoms with Gasteiger partial charge in [-0.3, -0.25) is 0 Å². The van der Waals surface area contributed by atoms with Crippen molar-refractivity contribution in [1.29, 1.82) is 0 Å². The Kier molecular flexibility index (Phi) is 2.38. The van der Waals surface area contributed by atoms with Gasteiger partial charge < -0.3 is 10.5 Å². The summed E-state index contributed by atoms with van der Waals surface area (Å²) >= 11 is 0. The van der Waals surface area contributed by atoms with Crippen LogP contribution in [0.4, 0.5) is 4.79 Å². The normalized spacial score (nSPS) is 10.7. The average molecular weight is 237 g/mol. The van der Waals surface area contributed by atoms with Gasteiger partial charge in [0.1, 0.15) is 5.75 Å². The summed E-state index contributed by atoms with van der Waals surface area (Å²) in [6.07, 6.45) is -0.797. The number of ether oxygens (including phenoxy) is 1. The van der Waals surface area contributed by atoms with E-state index >= 15 is 0 Å². The van der Waals surface area contributed by atoms with Gasteiger partial charge in [0.2, 0.25) is 0 Å². The van der Waals surface area contributed by atoms with Crippen molar-refractivity contribution in [2.75, 3.05) is 0 Å². The summed E-state index contributed by atoms with van der Waals surface area (Å²) < 4.78 is 4.91. The Bertz CT molecular complexity index is 750. The smallest absolute Gasteiger partial charge is 0.409 e. The molecule has 3 nitrogen and oxygen atoms in total. The number of hydrogen-bond acceptors (Lipinski definition) is 2. The average Bonchev–Trinajstić information content (AvgIpc) is 2.38. The van der Waals surface area contributed by atoms with E-state index in [1.54, 1.807) is 6.07 Å². The van der Waals surface area contributed by atoms with Crippen molar-refractivity contribution < 1.29 is 9.53 Å². The summed E-state index contributed by atoms with van der Waals surface area (Å²) in [4.78, 5) is 10.8. The minimum atomic E-state index is -0.797. The zero-order valence-corrected chi connectivity index (χ0v) is 9.59. The van der Waals surface area contributed by atoms with Crippen molar-refractivity contribution in [3.05, 3.63) is 54.6 Å². The molecule has 0 aliphatic heterocycles. The SMILES string of the molecule is NC(=O)Oc1ccc2ccc3ccccc3c2c1. The van der Waals surface area contributed by atoms with Crippen LogP contribution in [-0.4, -0.2) is 6.09 Å². The van der Waals surface area contributed by atoms with Crippen molar-refractivity contribution in [2.45, 2.75) is 0 Å². The van der Waals surface area contributed by atoms with Crippen LogP contribution in [0.1, 0.15) is 0 Å². The van der Waals surface area contributed by atoms with Crippen LogP contribution in [0.25, 0.3) is 21.5 Å². The molecule has 3 aromatic rings. The lowest BCUT2D eigenvalue weighted by molar-refractivity contribution is 0.211. The maximum absolute atomic E-state index is 10.8. The first-order valence-corrected chi connectivity index (χ1v) is 5.63. The van der Waals surface area contributed by atoms with Crippen LogP contribution in [0.3, 0.4) is 0 Å². The maximum Gasteiger partial charge on any atom is 0.409 e. The number of carbonyl (C=O) groups excluding carboxylic acids is 1. The molecule has 3 heteroatoms. The molecule has 0 aliphatic rings. The predicted molar refractivity (Wildman–Crippen MR) is 71.7 cm³/mol. The molecule has 3 aromatic carbocycles. The van der Waals surface area contributed by atoms with Crippen molar-refractivity contribution in [3.8, 4) is 5.75 Å². The Morgan fingerprint density at radius 3 is 2.33 bits per heavy atom. The van der Waals surface area contributed by atoms with Gasteiger partial charge in [-0.15, -0.1) is 0 Å². The fraction of sp³-hybridized carbons (Fsp3) is 0. The molecule has 1 amide bonds. The molecule has 3 rings (SSSR count). The number of benzene rings is 3. The molecule has 0 aromatic heterocycles. The van der Waals surface area contributed by atoms with E-state index in [1.165, 1.54) is 0 Å². The van der Waals surface area contributed by atoms with Gasteiger partial charge in [0.25, 0.3) is 0 Å². The quantitative estimate of drug-likeness (QED) is 0.659. The van der Waals surface area contributed by atoms with Crippen molar-refractivity contribution in [1.82, 2.24) is 0 Å². The lowest BCUT2D eigenvalue weighted by atomic mass is 10.0. The summed E-state index contributed by atoms with van der Waals surface area (Å²) in [5.41, 5.74) is 5.02. The number of amides is 1. The molecule has 0 saturated carbocycles. The molecule has 0 saturated heterocycles. The second kappa shape index (κ2) is 4.04. The molecule has 0 spiro atoms. The summed E-state index contributed by atoms with van der Waals surface area (Å²) in [5.74, 6) is 0.464. The standard InChI is InChI=1S/C15H11NO2/c16-15(17)18-12-8-7-11-6-5-10-3-1-2-4-13(10)14(11)9-12/h1-9H,(H2,16,17). The van der Waals surface area contributed by atoms with Crippen molar-refractivity contribution in [3.63, 3.8) is 0 Å². The second-order valence-corrected chi connectivity index (χ2v) is 4.09. The zero-order valence-electron chi connectivity index (χ0n) is 9.59. The number of primary amides is 1. The molecule has 18 heavy (non-hydrogen) atoms. The van der Waals surface area contributed by atoms with Crippen LogP contribution in [0.2, 0.25) is 0 Å². The lowest BCUT2D eigenvalue weighted by Crippen LogP contribution is -2.16. The molecular weight excluding hydrogens is 226 g/mol. The monoisotopic (exact) mass is 237 g/mol. The Morgan fingerprint density at radius 2 is 1.56 bits per heavy atom. The van der Waals surface area contributed by atoms with Gasteiger partial charge in [-0.2, -0.15) is 0 Å². The highest BCUT2D eigenvalue weighted by atomic mass is 16.5. The van der Waals surface area contributed by atoms with E-state index in [-0.39, 0.29) is 0 Å². The third-order valence-electron chi connectivity index (χ3n) is 2.94. The molecule has 0 heterocycles. The van der Waals surface area contributed by atoms with Gasteiger partial charge in [0, 0.05) is 0 Å². The largest absolute Gasteiger partial charge is 0.410 e. The minimum absolute atomic E-state index is 0.464. The zero-order chi connectivity index (χ0) is 12.5. The molecule has 0 radical (unpaired) electrons. The summed E-state index contributed by atoms with van der Waals surface area (Å²) in [6.45, 7) is 0. The molecule has 0 aliphatic carbocycles. The Hall–Kier alpha value is -2.55. The fourth-order valence-electron chi connectivity index (χ4n) is 2.16. The van der Waals surface area contributed by atoms with Gasteiger partial charge in [-0.05, 0) is 33.7 Å². The third-order valence-corrected chi connectivity index (χ3v) is 2.94. The van der Waals surface area contributed by atoms with E-state index < -0.39 is 6.09 Å². The first kappa shape index (κ1) is 10.6. The van der Waals surface area contributed by atoms with Gasteiger partial charge in [0.15, 0.2) is 0 Å². The Labute approximate surface area is 104 Å². The first-order chi connectivity index (χ1) is 8.74. The summed E-state index contributed by atoms with van der Waals surface area (Å²) in [5, 5.41) is 4.43. The van der Waals surface area contributed by atoms with Gasteiger partial charge >= 0.3 is 6.09 Å². The first-order valence-electron chi connectivity index (χ1n) is 5.63.